The van der Waals surface area contributed by atoms with E-state index < -0.39 is 6.10 Å². The van der Waals surface area contributed by atoms with Crippen LogP contribution in [-0.4, -0.2) is 37.2 Å². The van der Waals surface area contributed by atoms with Crippen molar-refractivity contribution in [3.05, 3.63) is 60.8 Å². The molecule has 0 aromatic carbocycles. The minimum atomic E-state index is -0.801. The first-order chi connectivity index (χ1) is 40.0. The molecule has 6 nitrogen and oxygen atoms in total. The number of carbonyl (C=O) groups excluding carboxylic acids is 3. The van der Waals surface area contributed by atoms with E-state index in [4.69, 9.17) is 14.2 Å². The summed E-state index contributed by atoms with van der Waals surface area (Å²) in [7, 11) is 0. The number of carbonyl (C=O) groups is 3. The summed E-state index contributed by atoms with van der Waals surface area (Å²) in [5.74, 6) is -0.953. The van der Waals surface area contributed by atoms with Crippen molar-refractivity contribution < 1.29 is 28.6 Å². The van der Waals surface area contributed by atoms with Crippen LogP contribution in [0.2, 0.25) is 0 Å². The summed E-state index contributed by atoms with van der Waals surface area (Å²) >= 11 is 0. The van der Waals surface area contributed by atoms with E-state index in [-0.39, 0.29) is 37.5 Å². The second-order valence-corrected chi connectivity index (χ2v) is 24.1. The quantitative estimate of drug-likeness (QED) is 0.0261. The first-order valence-corrected chi connectivity index (χ1v) is 35.8. The lowest BCUT2D eigenvalue weighted by atomic mass is 10.0. The molecule has 0 rings (SSSR count). The Morgan fingerprint density at radius 3 is 0.827 bits per heavy atom. The monoisotopic (exact) mass is 1130 g/mol. The molecule has 472 valence electrons. The lowest BCUT2D eigenvalue weighted by Gasteiger charge is -2.18. The average molecular weight is 1130 g/mol. The van der Waals surface area contributed by atoms with Crippen molar-refractivity contribution in [3.63, 3.8) is 0 Å². The molecule has 1 unspecified atom stereocenters. The van der Waals surface area contributed by atoms with Gasteiger partial charge in [-0.1, -0.05) is 351 Å². The Balaban J connectivity index is 4.13. The van der Waals surface area contributed by atoms with Crippen LogP contribution in [0.15, 0.2) is 60.8 Å². The Bertz CT molecular complexity index is 1440. The minimum Gasteiger partial charge on any atom is -0.462 e. The highest BCUT2D eigenvalue weighted by Crippen LogP contribution is 2.18. The van der Waals surface area contributed by atoms with Crippen molar-refractivity contribution in [1.29, 1.82) is 0 Å². The maximum atomic E-state index is 12.9. The van der Waals surface area contributed by atoms with Crippen molar-refractivity contribution in [2.75, 3.05) is 13.2 Å². The summed E-state index contributed by atoms with van der Waals surface area (Å²) in [4.78, 5) is 38.3. The lowest BCUT2D eigenvalue weighted by Crippen LogP contribution is -2.30. The second-order valence-electron chi connectivity index (χ2n) is 24.1. The van der Waals surface area contributed by atoms with Crippen molar-refractivity contribution >= 4 is 17.9 Å². The standard InChI is InChI=1S/C75H136O6/c1-4-7-10-13-16-19-22-25-27-29-30-31-32-33-34-35-36-37-38-39-40-41-42-43-44-46-47-50-53-56-59-62-65-68-74(77)80-71-72(70-79-73(76)67-64-61-58-55-52-49-24-21-18-15-12-9-6-3)81-75(78)69-66-63-60-57-54-51-48-45-28-26-23-20-17-14-11-8-5-2/h9,12,18,21,29-30,49,52,58,61,72H,4-8,10-11,13-17,19-20,22-28,31-48,50-51,53-57,59-60,62-71H2,1-3H3/b12-9-,21-18-,30-29-,52-49-,61-58-. The summed E-state index contributed by atoms with van der Waals surface area (Å²) in [5.41, 5.74) is 0. The Labute approximate surface area is 504 Å². The van der Waals surface area contributed by atoms with Crippen molar-refractivity contribution in [3.8, 4) is 0 Å². The van der Waals surface area contributed by atoms with E-state index in [1.54, 1.807) is 0 Å². The van der Waals surface area contributed by atoms with Gasteiger partial charge in [-0.05, 0) is 70.6 Å². The van der Waals surface area contributed by atoms with Gasteiger partial charge >= 0.3 is 17.9 Å². The number of allylic oxidation sites excluding steroid dienone is 10. The lowest BCUT2D eigenvalue weighted by molar-refractivity contribution is -0.166. The molecule has 0 aromatic heterocycles. The fourth-order valence-corrected chi connectivity index (χ4v) is 10.7. The molecular formula is C75H136O6. The molecule has 0 aromatic rings. The summed E-state index contributed by atoms with van der Waals surface area (Å²) in [6.07, 6.45) is 90.1. The van der Waals surface area contributed by atoms with Gasteiger partial charge < -0.3 is 14.2 Å². The van der Waals surface area contributed by atoms with Gasteiger partial charge in [0.25, 0.3) is 0 Å². The molecule has 0 fully saturated rings. The highest BCUT2D eigenvalue weighted by molar-refractivity contribution is 5.71. The van der Waals surface area contributed by atoms with Gasteiger partial charge in [0.15, 0.2) is 6.10 Å². The number of hydrogen-bond donors (Lipinski definition) is 0. The average Bonchev–Trinajstić information content (AvgIpc) is 3.46. The van der Waals surface area contributed by atoms with Gasteiger partial charge in [-0.25, -0.2) is 0 Å². The summed E-state index contributed by atoms with van der Waals surface area (Å²) in [5, 5.41) is 0. The van der Waals surface area contributed by atoms with Crippen LogP contribution in [0.3, 0.4) is 0 Å². The number of esters is 3. The zero-order chi connectivity index (χ0) is 58.5. The molecule has 0 spiro atoms. The molecule has 0 aliphatic carbocycles. The molecule has 6 heteroatoms. The van der Waals surface area contributed by atoms with E-state index in [1.807, 2.05) is 6.08 Å². The molecule has 0 bridgehead atoms. The molecule has 0 radical (unpaired) electrons. The van der Waals surface area contributed by atoms with Gasteiger partial charge in [0.05, 0.1) is 0 Å². The Hall–Kier alpha value is -2.89. The maximum absolute atomic E-state index is 12.9. The number of ether oxygens (including phenoxy) is 3. The number of rotatable bonds is 66. The van der Waals surface area contributed by atoms with Gasteiger partial charge in [0.1, 0.15) is 13.2 Å². The van der Waals surface area contributed by atoms with Gasteiger partial charge in [-0.3, -0.25) is 14.4 Å². The Kier molecular flexibility index (Phi) is 67.1. The predicted molar refractivity (Wildman–Crippen MR) is 353 cm³/mol. The van der Waals surface area contributed by atoms with Crippen LogP contribution < -0.4 is 0 Å². The largest absolute Gasteiger partial charge is 0.462 e. The summed E-state index contributed by atoms with van der Waals surface area (Å²) in [6.45, 7) is 6.52. The zero-order valence-electron chi connectivity index (χ0n) is 54.3. The van der Waals surface area contributed by atoms with Crippen molar-refractivity contribution in [2.45, 2.75) is 386 Å². The fraction of sp³-hybridized carbons (Fsp3) is 0.827. The molecule has 0 aliphatic heterocycles. The second kappa shape index (κ2) is 69.6. The highest BCUT2D eigenvalue weighted by atomic mass is 16.6. The molecule has 1 atom stereocenters. The Morgan fingerprint density at radius 1 is 0.259 bits per heavy atom. The van der Waals surface area contributed by atoms with E-state index in [0.717, 1.165) is 64.2 Å². The molecule has 0 amide bonds. The fourth-order valence-electron chi connectivity index (χ4n) is 10.7. The first-order valence-electron chi connectivity index (χ1n) is 35.8. The first kappa shape index (κ1) is 78.1. The van der Waals surface area contributed by atoms with E-state index in [2.05, 4.69) is 75.5 Å². The van der Waals surface area contributed by atoms with E-state index in [1.165, 1.54) is 270 Å². The molecular weight excluding hydrogens is 997 g/mol. The third kappa shape index (κ3) is 67.8. The van der Waals surface area contributed by atoms with E-state index in [0.29, 0.717) is 19.3 Å². The van der Waals surface area contributed by atoms with Crippen LogP contribution in [0.25, 0.3) is 0 Å². The minimum absolute atomic E-state index is 0.0912. The highest BCUT2D eigenvalue weighted by Gasteiger charge is 2.19. The molecule has 0 aliphatic rings. The van der Waals surface area contributed by atoms with E-state index in [9.17, 15) is 14.4 Å². The zero-order valence-corrected chi connectivity index (χ0v) is 54.3. The van der Waals surface area contributed by atoms with Crippen LogP contribution in [0, 0.1) is 0 Å². The molecule has 0 heterocycles. The molecule has 0 saturated carbocycles. The smallest absolute Gasteiger partial charge is 0.306 e. The summed E-state index contributed by atoms with van der Waals surface area (Å²) in [6, 6.07) is 0. The predicted octanol–water partition coefficient (Wildman–Crippen LogP) is 24.7. The summed E-state index contributed by atoms with van der Waals surface area (Å²) < 4.78 is 16.9. The number of hydrogen-bond acceptors (Lipinski definition) is 6. The number of unbranched alkanes of at least 4 members (excludes halogenated alkanes) is 45. The normalized spacial score (nSPS) is 12.4. The van der Waals surface area contributed by atoms with Crippen LogP contribution in [0.5, 0.6) is 0 Å². The third-order valence-corrected chi connectivity index (χ3v) is 16.0. The third-order valence-electron chi connectivity index (χ3n) is 16.0. The van der Waals surface area contributed by atoms with Gasteiger partial charge in [0.2, 0.25) is 0 Å². The van der Waals surface area contributed by atoms with Gasteiger partial charge in [-0.15, -0.1) is 0 Å². The topological polar surface area (TPSA) is 78.9 Å². The Morgan fingerprint density at radius 2 is 0.506 bits per heavy atom. The van der Waals surface area contributed by atoms with Gasteiger partial charge in [-0.2, -0.15) is 0 Å². The van der Waals surface area contributed by atoms with Crippen LogP contribution in [-0.2, 0) is 28.6 Å². The molecule has 0 saturated heterocycles. The molecule has 81 heavy (non-hydrogen) atoms. The van der Waals surface area contributed by atoms with Gasteiger partial charge in [0, 0.05) is 19.3 Å². The van der Waals surface area contributed by atoms with Crippen molar-refractivity contribution in [2.24, 2.45) is 0 Å². The van der Waals surface area contributed by atoms with Crippen LogP contribution in [0.1, 0.15) is 380 Å². The SMILES string of the molecule is CC/C=C\C/C=C\C/C=C\C/C=C\CCC(=O)OCC(COC(=O)CCCCCCCCCCCCCCCCCCCCCCC/C=C\CCCCCCCCCC)OC(=O)CCCCCCCCCCCCCCCCCCC. The van der Waals surface area contributed by atoms with Crippen LogP contribution >= 0.6 is 0 Å². The van der Waals surface area contributed by atoms with E-state index >= 15 is 0 Å². The molecule has 0 N–H and O–H groups in total. The maximum Gasteiger partial charge on any atom is 0.306 e. The van der Waals surface area contributed by atoms with Crippen LogP contribution in [0.4, 0.5) is 0 Å². The van der Waals surface area contributed by atoms with Crippen molar-refractivity contribution in [1.82, 2.24) is 0 Å².